The Morgan fingerprint density at radius 2 is 1.80 bits per heavy atom. The molecular weight excluding hydrogens is 280 g/mol. The number of furan rings is 1. The van der Waals surface area contributed by atoms with E-state index in [0.29, 0.717) is 0 Å². The minimum Gasteiger partial charge on any atom is -0.459 e. The third-order valence-electron chi connectivity index (χ3n) is 2.50. The highest BCUT2D eigenvalue weighted by atomic mass is 32.2. The van der Waals surface area contributed by atoms with E-state index in [4.69, 9.17) is 4.42 Å². The quantitative estimate of drug-likeness (QED) is 0.778. The molecule has 0 atom stereocenters. The lowest BCUT2D eigenvalue weighted by molar-refractivity contribution is 0.0926. The second-order valence-corrected chi connectivity index (χ2v) is 5.71. The summed E-state index contributed by atoms with van der Waals surface area (Å²) in [6.45, 7) is 0.273. The standard InChI is InChI=1S/C13H14N2O4S/c16-13(12-7-4-10-19-12)14-8-9-15-20(17,18)11-5-2-1-3-6-11/h1-7,10,15H,8-9H2,(H,14,16). The van der Waals surface area contributed by atoms with E-state index in [1.807, 2.05) is 0 Å². The summed E-state index contributed by atoms with van der Waals surface area (Å²) in [6.07, 6.45) is 1.40. The van der Waals surface area contributed by atoms with Gasteiger partial charge < -0.3 is 9.73 Å². The summed E-state index contributed by atoms with van der Waals surface area (Å²) in [5.74, 6) is -0.190. The zero-order valence-corrected chi connectivity index (χ0v) is 11.4. The van der Waals surface area contributed by atoms with E-state index in [2.05, 4.69) is 10.0 Å². The van der Waals surface area contributed by atoms with Crippen LogP contribution in [0.2, 0.25) is 0 Å². The number of hydrogen-bond donors (Lipinski definition) is 2. The van der Waals surface area contributed by atoms with Gasteiger partial charge in [0.1, 0.15) is 0 Å². The molecule has 0 saturated carbocycles. The molecule has 0 aliphatic carbocycles. The van der Waals surface area contributed by atoms with Gasteiger partial charge in [-0.2, -0.15) is 0 Å². The Kier molecular flexibility index (Phi) is 4.54. The van der Waals surface area contributed by atoms with Crippen molar-refractivity contribution in [1.82, 2.24) is 10.0 Å². The molecule has 0 spiro atoms. The van der Waals surface area contributed by atoms with E-state index < -0.39 is 10.0 Å². The highest BCUT2D eigenvalue weighted by Gasteiger charge is 2.13. The van der Waals surface area contributed by atoms with Crippen LogP contribution >= 0.6 is 0 Å². The van der Waals surface area contributed by atoms with Gasteiger partial charge in [0.2, 0.25) is 10.0 Å². The van der Waals surface area contributed by atoms with Gasteiger partial charge in [-0.1, -0.05) is 18.2 Å². The first kappa shape index (κ1) is 14.3. The number of carbonyl (C=O) groups excluding carboxylic acids is 1. The molecule has 0 radical (unpaired) electrons. The maximum absolute atomic E-state index is 11.9. The maximum Gasteiger partial charge on any atom is 0.287 e. The lowest BCUT2D eigenvalue weighted by atomic mass is 10.4. The van der Waals surface area contributed by atoms with Crippen molar-refractivity contribution in [2.75, 3.05) is 13.1 Å². The predicted molar refractivity (Wildman–Crippen MR) is 72.7 cm³/mol. The normalized spacial score (nSPS) is 11.2. The molecule has 7 heteroatoms. The molecule has 1 aromatic heterocycles. The van der Waals surface area contributed by atoms with Crippen molar-refractivity contribution in [3.8, 4) is 0 Å². The molecule has 0 saturated heterocycles. The van der Waals surface area contributed by atoms with Crippen LogP contribution in [0, 0.1) is 0 Å². The van der Waals surface area contributed by atoms with Gasteiger partial charge in [0.25, 0.3) is 5.91 Å². The van der Waals surface area contributed by atoms with Crippen molar-refractivity contribution in [2.45, 2.75) is 4.90 Å². The Hall–Kier alpha value is -2.12. The predicted octanol–water partition coefficient (Wildman–Crippen LogP) is 0.988. The molecule has 20 heavy (non-hydrogen) atoms. The highest BCUT2D eigenvalue weighted by Crippen LogP contribution is 2.06. The summed E-state index contributed by atoms with van der Waals surface area (Å²) in [4.78, 5) is 11.7. The fraction of sp³-hybridized carbons (Fsp3) is 0.154. The summed E-state index contributed by atoms with van der Waals surface area (Å²) < 4.78 is 31.0. The molecule has 1 amide bonds. The lowest BCUT2D eigenvalue weighted by Crippen LogP contribution is -2.34. The molecule has 1 heterocycles. The highest BCUT2D eigenvalue weighted by molar-refractivity contribution is 7.89. The number of nitrogens with one attached hydrogen (secondary N) is 2. The second kappa shape index (κ2) is 6.36. The summed E-state index contributed by atoms with van der Waals surface area (Å²) >= 11 is 0. The fourth-order valence-corrected chi connectivity index (χ4v) is 2.59. The van der Waals surface area contributed by atoms with E-state index in [1.54, 1.807) is 24.3 Å². The topological polar surface area (TPSA) is 88.4 Å². The van der Waals surface area contributed by atoms with Crippen LogP contribution in [0.25, 0.3) is 0 Å². The summed E-state index contributed by atoms with van der Waals surface area (Å²) in [7, 11) is -3.54. The Morgan fingerprint density at radius 3 is 2.45 bits per heavy atom. The largest absolute Gasteiger partial charge is 0.459 e. The Morgan fingerprint density at radius 1 is 1.05 bits per heavy atom. The van der Waals surface area contributed by atoms with Gasteiger partial charge in [-0.25, -0.2) is 13.1 Å². The van der Waals surface area contributed by atoms with Gasteiger partial charge in [0.15, 0.2) is 5.76 Å². The monoisotopic (exact) mass is 294 g/mol. The van der Waals surface area contributed by atoms with Crippen molar-refractivity contribution >= 4 is 15.9 Å². The molecule has 2 aromatic rings. The molecule has 0 aliphatic heterocycles. The van der Waals surface area contributed by atoms with Crippen LogP contribution in [-0.4, -0.2) is 27.4 Å². The SMILES string of the molecule is O=C(NCCNS(=O)(=O)c1ccccc1)c1ccco1. The average Bonchev–Trinajstić information content (AvgIpc) is 2.98. The van der Waals surface area contributed by atoms with Crippen molar-refractivity contribution in [2.24, 2.45) is 0 Å². The molecule has 0 fully saturated rings. The minimum atomic E-state index is -3.54. The Labute approximate surface area is 116 Å². The van der Waals surface area contributed by atoms with Gasteiger partial charge in [-0.3, -0.25) is 4.79 Å². The van der Waals surface area contributed by atoms with Crippen LogP contribution < -0.4 is 10.0 Å². The smallest absolute Gasteiger partial charge is 0.287 e. The number of carbonyl (C=O) groups is 1. The van der Waals surface area contributed by atoms with Crippen LogP contribution in [0.5, 0.6) is 0 Å². The molecule has 2 rings (SSSR count). The van der Waals surface area contributed by atoms with Crippen LogP contribution in [0.15, 0.2) is 58.0 Å². The number of amides is 1. The van der Waals surface area contributed by atoms with E-state index >= 15 is 0 Å². The fourth-order valence-electron chi connectivity index (χ4n) is 1.54. The van der Waals surface area contributed by atoms with Gasteiger partial charge in [0.05, 0.1) is 11.2 Å². The van der Waals surface area contributed by atoms with Crippen LogP contribution in [0.1, 0.15) is 10.6 Å². The van der Waals surface area contributed by atoms with E-state index in [1.165, 1.54) is 24.5 Å². The van der Waals surface area contributed by atoms with Crippen LogP contribution in [0.3, 0.4) is 0 Å². The molecule has 1 aromatic carbocycles. The number of hydrogen-bond acceptors (Lipinski definition) is 4. The first-order valence-corrected chi connectivity index (χ1v) is 7.44. The molecular formula is C13H14N2O4S. The minimum absolute atomic E-state index is 0.101. The third kappa shape index (κ3) is 3.69. The zero-order chi connectivity index (χ0) is 14.4. The molecule has 106 valence electrons. The van der Waals surface area contributed by atoms with Gasteiger partial charge in [-0.15, -0.1) is 0 Å². The zero-order valence-electron chi connectivity index (χ0n) is 10.6. The van der Waals surface area contributed by atoms with E-state index in [0.717, 1.165) is 0 Å². The number of rotatable bonds is 6. The number of benzene rings is 1. The maximum atomic E-state index is 11.9. The lowest BCUT2D eigenvalue weighted by Gasteiger charge is -2.07. The Balaban J connectivity index is 1.80. The first-order valence-electron chi connectivity index (χ1n) is 5.96. The summed E-state index contributed by atoms with van der Waals surface area (Å²) in [6, 6.07) is 11.2. The third-order valence-corrected chi connectivity index (χ3v) is 3.98. The number of sulfonamides is 1. The van der Waals surface area contributed by atoms with Crippen molar-refractivity contribution in [1.29, 1.82) is 0 Å². The molecule has 6 nitrogen and oxygen atoms in total. The van der Waals surface area contributed by atoms with Crippen LogP contribution in [-0.2, 0) is 10.0 Å². The van der Waals surface area contributed by atoms with Gasteiger partial charge in [-0.05, 0) is 24.3 Å². The molecule has 0 bridgehead atoms. The van der Waals surface area contributed by atoms with E-state index in [9.17, 15) is 13.2 Å². The molecule has 0 aliphatic rings. The van der Waals surface area contributed by atoms with E-state index in [-0.39, 0.29) is 29.7 Å². The summed E-state index contributed by atoms with van der Waals surface area (Å²) in [5.41, 5.74) is 0. The summed E-state index contributed by atoms with van der Waals surface area (Å²) in [5, 5.41) is 2.55. The van der Waals surface area contributed by atoms with Crippen LogP contribution in [0.4, 0.5) is 0 Å². The molecule has 0 unspecified atom stereocenters. The average molecular weight is 294 g/mol. The Bertz CT molecular complexity index is 651. The van der Waals surface area contributed by atoms with Gasteiger partial charge >= 0.3 is 0 Å². The first-order chi connectivity index (χ1) is 9.59. The molecule has 2 N–H and O–H groups in total. The van der Waals surface area contributed by atoms with Crippen molar-refractivity contribution < 1.29 is 17.6 Å². The van der Waals surface area contributed by atoms with Gasteiger partial charge in [0, 0.05) is 13.1 Å². The second-order valence-electron chi connectivity index (χ2n) is 3.94. The van der Waals surface area contributed by atoms with Crippen molar-refractivity contribution in [3.05, 3.63) is 54.5 Å². The van der Waals surface area contributed by atoms with Crippen molar-refractivity contribution in [3.63, 3.8) is 0 Å².